The molecule has 2 fully saturated rings. The summed E-state index contributed by atoms with van der Waals surface area (Å²) in [5, 5.41) is 72.3. The van der Waals surface area contributed by atoms with Crippen molar-refractivity contribution in [2.75, 3.05) is 33.0 Å². The number of hydrogen-bond donors (Lipinski definition) is 7. The summed E-state index contributed by atoms with van der Waals surface area (Å²) in [6.07, 6.45) is 42.0. The highest BCUT2D eigenvalue weighted by Crippen LogP contribution is 2.26. The molecule has 14 nitrogen and oxygen atoms in total. The number of aliphatic hydroxyl groups excluding tert-OH is 7. The van der Waals surface area contributed by atoms with Crippen LogP contribution in [0, 0.1) is 0 Å². The lowest BCUT2D eigenvalue weighted by atomic mass is 9.98. The molecule has 0 spiro atoms. The number of carbonyl (C=O) groups is 1. The van der Waals surface area contributed by atoms with Crippen LogP contribution in [0.1, 0.15) is 181 Å². The number of rotatable bonds is 44. The van der Waals surface area contributed by atoms with Gasteiger partial charge in [-0.15, -0.1) is 0 Å². The van der Waals surface area contributed by atoms with Crippen LogP contribution in [0.25, 0.3) is 0 Å². The number of allylic oxidation sites excluding steroid dienone is 14. The van der Waals surface area contributed by atoms with Gasteiger partial charge in [-0.1, -0.05) is 170 Å². The van der Waals surface area contributed by atoms with Crippen LogP contribution in [0.3, 0.4) is 0 Å². The number of ether oxygens (including phenoxy) is 6. The highest BCUT2D eigenvalue weighted by molar-refractivity contribution is 5.69. The summed E-state index contributed by atoms with van der Waals surface area (Å²) < 4.78 is 34.3. The van der Waals surface area contributed by atoms with Crippen molar-refractivity contribution >= 4 is 5.97 Å². The van der Waals surface area contributed by atoms with Crippen molar-refractivity contribution in [3.63, 3.8) is 0 Å². The summed E-state index contributed by atoms with van der Waals surface area (Å²) in [5.74, 6) is -0.397. The van der Waals surface area contributed by atoms with Crippen LogP contribution in [0.15, 0.2) is 85.1 Å². The van der Waals surface area contributed by atoms with E-state index in [0.717, 1.165) is 109 Å². The summed E-state index contributed by atoms with van der Waals surface area (Å²) in [4.78, 5) is 13.1. The lowest BCUT2D eigenvalue weighted by Crippen LogP contribution is -2.61. The maximum Gasteiger partial charge on any atom is 0.306 e. The number of esters is 1. The van der Waals surface area contributed by atoms with Crippen LogP contribution >= 0.6 is 0 Å². The zero-order valence-corrected chi connectivity index (χ0v) is 44.8. The molecule has 14 heteroatoms. The van der Waals surface area contributed by atoms with Gasteiger partial charge in [0.25, 0.3) is 0 Å². The van der Waals surface area contributed by atoms with E-state index in [1.807, 2.05) is 0 Å². The van der Waals surface area contributed by atoms with Gasteiger partial charge in [0.15, 0.2) is 12.6 Å². The second-order valence-corrected chi connectivity index (χ2v) is 19.4. The minimum atomic E-state index is -1.72. The van der Waals surface area contributed by atoms with E-state index in [0.29, 0.717) is 13.0 Å². The largest absolute Gasteiger partial charge is 0.457 e. The zero-order chi connectivity index (χ0) is 53.0. The van der Waals surface area contributed by atoms with E-state index in [4.69, 9.17) is 28.4 Å². The second kappa shape index (κ2) is 45.4. The first-order chi connectivity index (χ1) is 35.6. The molecule has 0 bridgehead atoms. The second-order valence-electron chi connectivity index (χ2n) is 19.4. The maximum absolute atomic E-state index is 13.1. The van der Waals surface area contributed by atoms with E-state index in [1.165, 1.54) is 44.9 Å². The van der Waals surface area contributed by atoms with Crippen LogP contribution in [0.2, 0.25) is 0 Å². The minimum Gasteiger partial charge on any atom is -0.457 e. The lowest BCUT2D eigenvalue weighted by molar-refractivity contribution is -0.332. The Labute approximate surface area is 439 Å². The molecule has 11 atom stereocenters. The molecule has 2 rings (SSSR count). The molecular formula is C59H100O14. The smallest absolute Gasteiger partial charge is 0.306 e. The highest BCUT2D eigenvalue weighted by atomic mass is 16.7. The van der Waals surface area contributed by atoms with Gasteiger partial charge in [0.1, 0.15) is 54.9 Å². The van der Waals surface area contributed by atoms with Crippen molar-refractivity contribution in [2.24, 2.45) is 0 Å². The Morgan fingerprint density at radius 1 is 0.466 bits per heavy atom. The molecule has 0 aromatic heterocycles. The number of carbonyl (C=O) groups excluding carboxylic acids is 1. The van der Waals surface area contributed by atoms with Gasteiger partial charge in [-0.05, 0) is 89.9 Å². The van der Waals surface area contributed by atoms with Crippen molar-refractivity contribution in [3.05, 3.63) is 85.1 Å². The first kappa shape index (κ1) is 66.3. The van der Waals surface area contributed by atoms with Crippen molar-refractivity contribution in [1.82, 2.24) is 0 Å². The van der Waals surface area contributed by atoms with Crippen LogP contribution in [-0.2, 0) is 33.2 Å². The molecule has 420 valence electrons. The Morgan fingerprint density at radius 3 is 1.40 bits per heavy atom. The van der Waals surface area contributed by atoms with Gasteiger partial charge in [-0.25, -0.2) is 0 Å². The first-order valence-electron chi connectivity index (χ1n) is 28.2. The average Bonchev–Trinajstić information content (AvgIpc) is 3.39. The van der Waals surface area contributed by atoms with E-state index in [9.17, 15) is 40.5 Å². The van der Waals surface area contributed by atoms with Crippen molar-refractivity contribution < 1.29 is 69.0 Å². The Kier molecular flexibility index (Phi) is 41.2. The summed E-state index contributed by atoms with van der Waals surface area (Å²) >= 11 is 0. The van der Waals surface area contributed by atoms with Gasteiger partial charge in [0.2, 0.25) is 0 Å². The molecule has 2 aliphatic rings. The molecule has 0 saturated carbocycles. The van der Waals surface area contributed by atoms with E-state index in [2.05, 4.69) is 98.9 Å². The summed E-state index contributed by atoms with van der Waals surface area (Å²) in [6, 6.07) is 0. The average molecular weight is 1030 g/mol. The van der Waals surface area contributed by atoms with Crippen LogP contribution in [0.4, 0.5) is 0 Å². The van der Waals surface area contributed by atoms with E-state index < -0.39 is 86.7 Å². The topological polar surface area (TPSA) is 214 Å². The molecule has 0 aliphatic carbocycles. The number of aliphatic hydroxyl groups is 7. The molecule has 0 aromatic carbocycles. The van der Waals surface area contributed by atoms with Crippen LogP contribution in [0.5, 0.6) is 0 Å². The van der Waals surface area contributed by atoms with E-state index in [1.54, 1.807) is 0 Å². The molecule has 2 aliphatic heterocycles. The molecule has 2 heterocycles. The van der Waals surface area contributed by atoms with Crippen LogP contribution in [-0.4, -0.2) is 142 Å². The van der Waals surface area contributed by atoms with Gasteiger partial charge in [-0.3, -0.25) is 4.79 Å². The predicted octanol–water partition coefficient (Wildman–Crippen LogP) is 9.63. The Hall–Kier alpha value is -2.83. The Morgan fingerprint density at radius 2 is 0.890 bits per heavy atom. The van der Waals surface area contributed by atoms with Gasteiger partial charge in [0, 0.05) is 13.0 Å². The molecule has 2 saturated heterocycles. The molecule has 73 heavy (non-hydrogen) atoms. The monoisotopic (exact) mass is 1030 g/mol. The number of hydrogen-bond acceptors (Lipinski definition) is 14. The molecule has 0 aromatic rings. The number of unbranched alkanes of at least 4 members (excludes halogenated alkanes) is 16. The zero-order valence-electron chi connectivity index (χ0n) is 44.8. The fraction of sp³-hybridized carbons (Fsp3) is 0.746. The van der Waals surface area contributed by atoms with E-state index >= 15 is 0 Å². The standard InChI is InChI=1S/C59H100O14/c1-3-5-7-9-11-13-15-17-19-21-23-25-27-29-31-33-35-37-39-41-43-68-45-48(71-51(61)42-40-38-36-34-32-30-28-26-24-22-20-18-16-14-12-10-8-6-4-2)46-69-58-57(67)55(65)53(63)50(73-58)47-70-59-56(66)54(64)52(62)49(44-60)72-59/h6,8,11-14,17-20,23-26,48-50,52-60,62-67H,3-5,7,9-10,15-16,21-22,27-47H2,1-2H3/b8-6-,13-11-,14-12-,19-17-,20-18-,25-23-,26-24-. The van der Waals surface area contributed by atoms with Gasteiger partial charge >= 0.3 is 5.97 Å². The fourth-order valence-electron chi connectivity index (χ4n) is 8.34. The maximum atomic E-state index is 13.1. The van der Waals surface area contributed by atoms with Crippen molar-refractivity contribution in [1.29, 1.82) is 0 Å². The normalized spacial score (nSPS) is 25.6. The highest BCUT2D eigenvalue weighted by Gasteiger charge is 2.47. The summed E-state index contributed by atoms with van der Waals surface area (Å²) in [5.41, 5.74) is 0. The third-order valence-corrected chi connectivity index (χ3v) is 12.9. The SMILES string of the molecule is CC/C=C\C/C=C\C/C=C\C/C=C\CCCCCCCCC(=O)OC(COCCCCCCCCC/C=C\C/C=C\C/C=C\CCCCC)COC1OC(COC2OC(CO)C(O)C(O)C2O)C(O)C(O)C1O. The third-order valence-electron chi connectivity index (χ3n) is 12.9. The van der Waals surface area contributed by atoms with Gasteiger partial charge in [-0.2, -0.15) is 0 Å². The summed E-state index contributed by atoms with van der Waals surface area (Å²) in [6.45, 7) is 3.49. The Balaban J connectivity index is 1.75. The molecule has 0 amide bonds. The molecular weight excluding hydrogens is 933 g/mol. The Bertz CT molecular complexity index is 1530. The fourth-order valence-corrected chi connectivity index (χ4v) is 8.34. The van der Waals surface area contributed by atoms with Crippen molar-refractivity contribution in [3.8, 4) is 0 Å². The quantitative estimate of drug-likeness (QED) is 0.0172. The van der Waals surface area contributed by atoms with Gasteiger partial charge < -0.3 is 64.2 Å². The third kappa shape index (κ3) is 32.4. The summed E-state index contributed by atoms with van der Waals surface area (Å²) in [7, 11) is 0. The first-order valence-corrected chi connectivity index (χ1v) is 28.2. The molecule has 7 N–H and O–H groups in total. The van der Waals surface area contributed by atoms with Crippen molar-refractivity contribution in [2.45, 2.75) is 248 Å². The molecule has 11 unspecified atom stereocenters. The van der Waals surface area contributed by atoms with E-state index in [-0.39, 0.29) is 19.6 Å². The lowest BCUT2D eigenvalue weighted by Gasteiger charge is -2.42. The van der Waals surface area contributed by atoms with Gasteiger partial charge in [0.05, 0.1) is 26.4 Å². The van der Waals surface area contributed by atoms with Crippen LogP contribution < -0.4 is 0 Å². The molecule has 0 radical (unpaired) electrons. The predicted molar refractivity (Wildman–Crippen MR) is 288 cm³/mol. The minimum absolute atomic E-state index is 0.0438.